The third-order valence-electron chi connectivity index (χ3n) is 2.71. The van der Waals surface area contributed by atoms with E-state index in [4.69, 9.17) is 0 Å². The Morgan fingerprint density at radius 3 is 2.65 bits per heavy atom. The number of likely N-dealkylation sites (N-methyl/N-ethyl adjacent to an activating group) is 1. The predicted octanol–water partition coefficient (Wildman–Crippen LogP) is 1.89. The topological polar surface area (TPSA) is 41.3 Å². The highest BCUT2D eigenvalue weighted by molar-refractivity contribution is 4.98. The van der Waals surface area contributed by atoms with E-state index < -0.39 is 5.60 Å². The minimum atomic E-state index is -0.647. The van der Waals surface area contributed by atoms with Gasteiger partial charge in [0.15, 0.2) is 0 Å². The second-order valence-corrected chi connectivity index (χ2v) is 5.19. The van der Waals surface area contributed by atoms with Crippen molar-refractivity contribution in [2.45, 2.75) is 52.8 Å². The van der Waals surface area contributed by atoms with Gasteiger partial charge in [-0.15, -0.1) is 0 Å². The first-order chi connectivity index (χ1) is 7.96. The summed E-state index contributed by atoms with van der Waals surface area (Å²) in [5.41, 5.74) is 0.573. The number of rotatable bonds is 7. The van der Waals surface area contributed by atoms with Crippen molar-refractivity contribution in [3.05, 3.63) is 18.2 Å². The summed E-state index contributed by atoms with van der Waals surface area (Å²) >= 11 is 0. The van der Waals surface area contributed by atoms with Gasteiger partial charge in [0.2, 0.25) is 0 Å². The number of nitrogens with zero attached hydrogens (tertiary/aromatic N) is 3. The molecule has 17 heavy (non-hydrogen) atoms. The van der Waals surface area contributed by atoms with Crippen LogP contribution in [0.15, 0.2) is 12.5 Å². The van der Waals surface area contributed by atoms with Crippen LogP contribution < -0.4 is 0 Å². The van der Waals surface area contributed by atoms with Gasteiger partial charge in [-0.25, -0.2) is 4.98 Å². The van der Waals surface area contributed by atoms with E-state index in [0.29, 0.717) is 6.54 Å². The van der Waals surface area contributed by atoms with Crippen LogP contribution in [0.3, 0.4) is 0 Å². The highest BCUT2D eigenvalue weighted by atomic mass is 16.3. The molecule has 1 N–H and O–H groups in total. The molecule has 0 spiro atoms. The fourth-order valence-electron chi connectivity index (χ4n) is 1.98. The van der Waals surface area contributed by atoms with E-state index in [-0.39, 0.29) is 0 Å². The fraction of sp³-hybridized carbons (Fsp3) is 0.769. The molecular weight excluding hydrogens is 214 g/mol. The molecule has 4 heteroatoms. The van der Waals surface area contributed by atoms with Crippen molar-refractivity contribution in [3.63, 3.8) is 0 Å². The molecule has 1 rings (SSSR count). The van der Waals surface area contributed by atoms with Crippen molar-refractivity contribution < 1.29 is 5.11 Å². The van der Waals surface area contributed by atoms with Gasteiger partial charge in [-0.3, -0.25) is 4.90 Å². The number of hydrogen-bond acceptors (Lipinski definition) is 3. The average Bonchev–Trinajstić information content (AvgIpc) is 2.63. The maximum Gasteiger partial charge on any atom is 0.0948 e. The second kappa shape index (κ2) is 6.17. The lowest BCUT2D eigenvalue weighted by Gasteiger charge is -2.28. The molecule has 0 amide bonds. The highest BCUT2D eigenvalue weighted by Crippen LogP contribution is 2.10. The molecule has 1 aromatic heterocycles. The van der Waals surface area contributed by atoms with Crippen LogP contribution in [0.25, 0.3) is 0 Å². The zero-order valence-corrected chi connectivity index (χ0v) is 11.5. The first-order valence-electron chi connectivity index (χ1n) is 6.40. The molecule has 0 saturated carbocycles. The third-order valence-corrected chi connectivity index (χ3v) is 2.71. The van der Waals surface area contributed by atoms with Gasteiger partial charge in [0, 0.05) is 25.8 Å². The summed E-state index contributed by atoms with van der Waals surface area (Å²) in [5.74, 6) is 0. The summed E-state index contributed by atoms with van der Waals surface area (Å²) < 4.78 is 2.19. The van der Waals surface area contributed by atoms with Crippen LogP contribution in [-0.2, 0) is 13.1 Å². The summed E-state index contributed by atoms with van der Waals surface area (Å²) in [5, 5.41) is 9.86. The van der Waals surface area contributed by atoms with Gasteiger partial charge in [0.05, 0.1) is 17.6 Å². The molecule has 98 valence electrons. The van der Waals surface area contributed by atoms with Gasteiger partial charge in [-0.05, 0) is 26.8 Å². The quantitative estimate of drug-likeness (QED) is 0.790. The van der Waals surface area contributed by atoms with Crippen LogP contribution >= 0.6 is 0 Å². The Morgan fingerprint density at radius 2 is 2.12 bits per heavy atom. The smallest absolute Gasteiger partial charge is 0.0948 e. The molecule has 0 aliphatic heterocycles. The molecule has 0 aliphatic rings. The van der Waals surface area contributed by atoms with Gasteiger partial charge in [-0.2, -0.15) is 0 Å². The molecule has 0 atom stereocenters. The van der Waals surface area contributed by atoms with E-state index in [1.807, 2.05) is 26.4 Å². The molecule has 1 aromatic rings. The average molecular weight is 239 g/mol. The number of aryl methyl sites for hydroxylation is 1. The van der Waals surface area contributed by atoms with E-state index in [1.165, 1.54) is 5.69 Å². The standard InChI is InChI=1S/C13H25N3O/c1-5-7-16-11-14-8-12(16)9-15(6-2)10-13(3,4)17/h8,11,17H,5-7,9-10H2,1-4H3. The van der Waals surface area contributed by atoms with Gasteiger partial charge < -0.3 is 9.67 Å². The van der Waals surface area contributed by atoms with Crippen molar-refractivity contribution in [2.75, 3.05) is 13.1 Å². The Morgan fingerprint density at radius 1 is 1.41 bits per heavy atom. The summed E-state index contributed by atoms with van der Waals surface area (Å²) in [6.07, 6.45) is 4.92. The van der Waals surface area contributed by atoms with Gasteiger partial charge >= 0.3 is 0 Å². The molecule has 4 nitrogen and oxygen atoms in total. The summed E-state index contributed by atoms with van der Waals surface area (Å²) in [4.78, 5) is 6.44. The Kier molecular flexibility index (Phi) is 5.15. The Bertz CT molecular complexity index is 328. The van der Waals surface area contributed by atoms with Gasteiger partial charge in [-0.1, -0.05) is 13.8 Å². The minimum Gasteiger partial charge on any atom is -0.389 e. The van der Waals surface area contributed by atoms with E-state index in [9.17, 15) is 5.11 Å². The predicted molar refractivity (Wildman–Crippen MR) is 69.8 cm³/mol. The molecule has 0 bridgehead atoms. The van der Waals surface area contributed by atoms with E-state index in [1.54, 1.807) is 0 Å². The maximum absolute atomic E-state index is 9.86. The number of aliphatic hydroxyl groups is 1. The summed E-state index contributed by atoms with van der Waals surface area (Å²) in [6.45, 7) is 11.4. The lowest BCUT2D eigenvalue weighted by atomic mass is 10.1. The van der Waals surface area contributed by atoms with Crippen LogP contribution in [0.1, 0.15) is 39.8 Å². The van der Waals surface area contributed by atoms with Crippen molar-refractivity contribution in [2.24, 2.45) is 0 Å². The molecular formula is C13H25N3O. The number of hydrogen-bond donors (Lipinski definition) is 1. The monoisotopic (exact) mass is 239 g/mol. The zero-order valence-electron chi connectivity index (χ0n) is 11.5. The van der Waals surface area contributed by atoms with Crippen molar-refractivity contribution in [1.82, 2.24) is 14.5 Å². The van der Waals surface area contributed by atoms with Crippen LogP contribution in [0.2, 0.25) is 0 Å². The number of aromatic nitrogens is 2. The largest absolute Gasteiger partial charge is 0.389 e. The summed E-state index contributed by atoms with van der Waals surface area (Å²) in [7, 11) is 0. The SMILES string of the molecule is CCCn1cncc1CN(CC)CC(C)(C)O. The van der Waals surface area contributed by atoms with Crippen LogP contribution in [-0.4, -0.2) is 38.2 Å². The minimum absolute atomic E-state index is 0.647. The van der Waals surface area contributed by atoms with Crippen molar-refractivity contribution in [1.29, 1.82) is 0 Å². The van der Waals surface area contributed by atoms with E-state index >= 15 is 0 Å². The molecule has 0 radical (unpaired) electrons. The first-order valence-corrected chi connectivity index (χ1v) is 6.40. The van der Waals surface area contributed by atoms with Crippen LogP contribution in [0.5, 0.6) is 0 Å². The lowest BCUT2D eigenvalue weighted by Crippen LogP contribution is -2.38. The van der Waals surface area contributed by atoms with Crippen LogP contribution in [0, 0.1) is 0 Å². The Balaban J connectivity index is 2.63. The highest BCUT2D eigenvalue weighted by Gasteiger charge is 2.18. The van der Waals surface area contributed by atoms with E-state index in [0.717, 1.165) is 26.1 Å². The molecule has 0 fully saturated rings. The normalized spacial score (nSPS) is 12.4. The zero-order chi connectivity index (χ0) is 12.9. The molecule has 0 unspecified atom stereocenters. The molecule has 1 heterocycles. The molecule has 0 aromatic carbocycles. The Hall–Kier alpha value is -0.870. The Labute approximate surface area is 104 Å². The number of imidazole rings is 1. The second-order valence-electron chi connectivity index (χ2n) is 5.19. The van der Waals surface area contributed by atoms with Gasteiger partial charge in [0.25, 0.3) is 0 Å². The van der Waals surface area contributed by atoms with Crippen LogP contribution in [0.4, 0.5) is 0 Å². The molecule has 0 aliphatic carbocycles. The third kappa shape index (κ3) is 4.88. The summed E-state index contributed by atoms with van der Waals surface area (Å²) in [6, 6.07) is 0. The maximum atomic E-state index is 9.86. The van der Waals surface area contributed by atoms with Crippen molar-refractivity contribution >= 4 is 0 Å². The first kappa shape index (κ1) is 14.2. The fourth-order valence-corrected chi connectivity index (χ4v) is 1.98. The lowest BCUT2D eigenvalue weighted by molar-refractivity contribution is 0.0346. The van der Waals surface area contributed by atoms with E-state index in [2.05, 4.69) is 28.3 Å². The van der Waals surface area contributed by atoms with Crippen molar-refractivity contribution in [3.8, 4) is 0 Å². The molecule has 0 saturated heterocycles. The van der Waals surface area contributed by atoms with Gasteiger partial charge in [0.1, 0.15) is 0 Å².